The Kier molecular flexibility index (Phi) is 8.98. The summed E-state index contributed by atoms with van der Waals surface area (Å²) in [6, 6.07) is 13.4. The van der Waals surface area contributed by atoms with Gasteiger partial charge in [-0.05, 0) is 50.1 Å². The lowest BCUT2D eigenvalue weighted by Gasteiger charge is -2.14. The molecule has 0 aliphatic rings. The van der Waals surface area contributed by atoms with Gasteiger partial charge in [0.25, 0.3) is 0 Å². The number of halogens is 1. The Morgan fingerprint density at radius 1 is 1.00 bits per heavy atom. The quantitative estimate of drug-likeness (QED) is 0.532. The van der Waals surface area contributed by atoms with Gasteiger partial charge in [0.1, 0.15) is 5.75 Å². The Balaban J connectivity index is 1.81. The Morgan fingerprint density at radius 2 is 1.67 bits per heavy atom. The maximum atomic E-state index is 12.2. The van der Waals surface area contributed by atoms with Gasteiger partial charge >= 0.3 is 0 Å². The highest BCUT2D eigenvalue weighted by molar-refractivity contribution is 9.10. The molecule has 6 heteroatoms. The van der Waals surface area contributed by atoms with Crippen molar-refractivity contribution in [1.82, 2.24) is 5.32 Å². The van der Waals surface area contributed by atoms with Gasteiger partial charge in [-0.2, -0.15) is 0 Å². The lowest BCUT2D eigenvalue weighted by atomic mass is 10.1. The van der Waals surface area contributed by atoms with E-state index in [0.717, 1.165) is 22.2 Å². The summed E-state index contributed by atoms with van der Waals surface area (Å²) in [5, 5.41) is 2.92. The Bertz CT molecular complexity index is 722. The zero-order valence-electron chi connectivity index (χ0n) is 15.8. The molecule has 146 valence electrons. The molecule has 0 bridgehead atoms. The van der Waals surface area contributed by atoms with E-state index >= 15 is 0 Å². The number of hydrogen-bond acceptors (Lipinski definition) is 4. The van der Waals surface area contributed by atoms with Crippen LogP contribution in [0.15, 0.2) is 46.9 Å². The lowest BCUT2D eigenvalue weighted by Crippen LogP contribution is -2.27. The molecule has 0 fully saturated rings. The van der Waals surface area contributed by atoms with E-state index in [2.05, 4.69) is 21.2 Å². The highest BCUT2D eigenvalue weighted by Crippen LogP contribution is 2.34. The zero-order valence-corrected chi connectivity index (χ0v) is 17.4. The molecular weight excluding hydrogens is 410 g/mol. The summed E-state index contributed by atoms with van der Waals surface area (Å²) in [5.74, 6) is 2.13. The van der Waals surface area contributed by atoms with Crippen molar-refractivity contribution in [2.24, 2.45) is 0 Å². The minimum atomic E-state index is -0.0398. The molecule has 0 aliphatic carbocycles. The Morgan fingerprint density at radius 3 is 2.33 bits per heavy atom. The largest absolute Gasteiger partial charge is 0.494 e. The van der Waals surface area contributed by atoms with Crippen LogP contribution in [0.4, 0.5) is 0 Å². The summed E-state index contributed by atoms with van der Waals surface area (Å²) in [6.45, 7) is 6.06. The molecule has 0 radical (unpaired) electrons. The van der Waals surface area contributed by atoms with Crippen LogP contribution in [-0.4, -0.2) is 32.3 Å². The van der Waals surface area contributed by atoms with E-state index in [-0.39, 0.29) is 12.3 Å². The summed E-state index contributed by atoms with van der Waals surface area (Å²) < 4.78 is 17.7. The maximum absolute atomic E-state index is 12.2. The van der Waals surface area contributed by atoms with Crippen LogP contribution < -0.4 is 19.5 Å². The van der Waals surface area contributed by atoms with Gasteiger partial charge in [-0.15, -0.1) is 0 Å². The van der Waals surface area contributed by atoms with E-state index in [4.69, 9.17) is 14.2 Å². The van der Waals surface area contributed by atoms with E-state index < -0.39 is 0 Å². The number of nitrogens with one attached hydrogen (secondary N) is 1. The van der Waals surface area contributed by atoms with Crippen molar-refractivity contribution >= 4 is 21.8 Å². The topological polar surface area (TPSA) is 56.8 Å². The number of amides is 1. The summed E-state index contributed by atoms with van der Waals surface area (Å²) in [7, 11) is 0. The van der Waals surface area contributed by atoms with Crippen LogP contribution in [0.1, 0.15) is 25.8 Å². The molecule has 1 N–H and O–H groups in total. The molecule has 0 saturated carbocycles. The van der Waals surface area contributed by atoms with Gasteiger partial charge in [-0.1, -0.05) is 34.1 Å². The molecule has 2 aromatic carbocycles. The normalized spacial score (nSPS) is 10.3. The number of rotatable bonds is 11. The minimum Gasteiger partial charge on any atom is -0.494 e. The van der Waals surface area contributed by atoms with E-state index in [9.17, 15) is 4.79 Å². The maximum Gasteiger partial charge on any atom is 0.224 e. The van der Waals surface area contributed by atoms with E-state index in [1.165, 1.54) is 0 Å². The Labute approximate surface area is 169 Å². The molecule has 2 aromatic rings. The van der Waals surface area contributed by atoms with Crippen molar-refractivity contribution in [2.75, 3.05) is 26.4 Å². The van der Waals surface area contributed by atoms with Crippen LogP contribution >= 0.6 is 15.9 Å². The number of ether oxygens (including phenoxy) is 3. The molecule has 5 nitrogen and oxygen atoms in total. The van der Waals surface area contributed by atoms with Crippen molar-refractivity contribution in [3.05, 3.63) is 52.5 Å². The molecule has 27 heavy (non-hydrogen) atoms. The third kappa shape index (κ3) is 7.13. The van der Waals surface area contributed by atoms with Gasteiger partial charge in [0.05, 0.1) is 26.2 Å². The van der Waals surface area contributed by atoms with Crippen LogP contribution in [-0.2, 0) is 11.2 Å². The Hall–Kier alpha value is -2.21. The van der Waals surface area contributed by atoms with Crippen molar-refractivity contribution in [1.29, 1.82) is 0 Å². The average Bonchev–Trinajstić information content (AvgIpc) is 2.66. The van der Waals surface area contributed by atoms with Crippen molar-refractivity contribution in [3.63, 3.8) is 0 Å². The number of benzene rings is 2. The predicted molar refractivity (Wildman–Crippen MR) is 110 cm³/mol. The van der Waals surface area contributed by atoms with Gasteiger partial charge in [0, 0.05) is 11.0 Å². The van der Waals surface area contributed by atoms with Crippen LogP contribution in [0.3, 0.4) is 0 Å². The molecule has 0 atom stereocenters. The molecule has 2 rings (SSSR count). The first-order valence-electron chi connectivity index (χ1n) is 9.16. The number of carbonyl (C=O) groups excluding carboxylic acids is 1. The minimum absolute atomic E-state index is 0.0398. The molecule has 0 heterocycles. The first-order chi connectivity index (χ1) is 13.1. The van der Waals surface area contributed by atoms with E-state index in [1.807, 2.05) is 56.3 Å². The smallest absolute Gasteiger partial charge is 0.224 e. The zero-order chi connectivity index (χ0) is 19.5. The summed E-state index contributed by atoms with van der Waals surface area (Å²) >= 11 is 3.51. The molecule has 1 amide bonds. The second-order valence-corrected chi connectivity index (χ2v) is 6.65. The third-order valence-corrected chi connectivity index (χ3v) is 4.46. The van der Waals surface area contributed by atoms with Crippen LogP contribution in [0.5, 0.6) is 17.2 Å². The highest BCUT2D eigenvalue weighted by atomic mass is 79.9. The molecule has 0 saturated heterocycles. The molecular formula is C21H26BrNO4. The average molecular weight is 436 g/mol. The van der Waals surface area contributed by atoms with Crippen molar-refractivity contribution < 1.29 is 19.0 Å². The molecule has 0 spiro atoms. The van der Waals surface area contributed by atoms with E-state index in [0.29, 0.717) is 37.9 Å². The molecule has 0 unspecified atom stereocenters. The standard InChI is InChI=1S/C21H26BrNO4/c1-3-25-19-13-16(18(22)15-20(19)26-4-2)14-21(24)23-11-8-12-27-17-9-6-5-7-10-17/h5-7,9-10,13,15H,3-4,8,11-12,14H2,1-2H3,(H,23,24). The van der Waals surface area contributed by atoms with Gasteiger partial charge < -0.3 is 19.5 Å². The highest BCUT2D eigenvalue weighted by Gasteiger charge is 2.13. The van der Waals surface area contributed by atoms with Gasteiger partial charge in [-0.25, -0.2) is 0 Å². The van der Waals surface area contributed by atoms with Gasteiger partial charge in [-0.3, -0.25) is 4.79 Å². The summed E-state index contributed by atoms with van der Waals surface area (Å²) in [5.41, 5.74) is 0.861. The molecule has 0 aliphatic heterocycles. The first kappa shape index (κ1) is 21.1. The second-order valence-electron chi connectivity index (χ2n) is 5.80. The third-order valence-electron chi connectivity index (χ3n) is 3.72. The van der Waals surface area contributed by atoms with Gasteiger partial charge in [0.15, 0.2) is 11.5 Å². The fourth-order valence-electron chi connectivity index (χ4n) is 2.49. The first-order valence-corrected chi connectivity index (χ1v) is 9.95. The predicted octanol–water partition coefficient (Wildman–Crippen LogP) is 4.37. The fourth-order valence-corrected chi connectivity index (χ4v) is 2.95. The van der Waals surface area contributed by atoms with Crippen molar-refractivity contribution in [2.45, 2.75) is 26.7 Å². The number of hydrogen-bond donors (Lipinski definition) is 1. The lowest BCUT2D eigenvalue weighted by molar-refractivity contribution is -0.120. The molecule has 0 aromatic heterocycles. The van der Waals surface area contributed by atoms with Crippen LogP contribution in [0.25, 0.3) is 0 Å². The fraction of sp³-hybridized carbons (Fsp3) is 0.381. The second kappa shape index (κ2) is 11.5. The van der Waals surface area contributed by atoms with Crippen LogP contribution in [0, 0.1) is 0 Å². The van der Waals surface area contributed by atoms with E-state index in [1.54, 1.807) is 0 Å². The van der Waals surface area contributed by atoms with Crippen molar-refractivity contribution in [3.8, 4) is 17.2 Å². The summed E-state index contributed by atoms with van der Waals surface area (Å²) in [6.07, 6.45) is 1.02. The van der Waals surface area contributed by atoms with Gasteiger partial charge in [0.2, 0.25) is 5.91 Å². The SMILES string of the molecule is CCOc1cc(Br)c(CC(=O)NCCCOc2ccccc2)cc1OCC. The number of para-hydroxylation sites is 1. The monoisotopic (exact) mass is 435 g/mol. The number of carbonyl (C=O) groups is 1. The summed E-state index contributed by atoms with van der Waals surface area (Å²) in [4.78, 5) is 12.2. The van der Waals surface area contributed by atoms with Crippen LogP contribution in [0.2, 0.25) is 0 Å².